The summed E-state index contributed by atoms with van der Waals surface area (Å²) in [6.45, 7) is 3.15. The summed E-state index contributed by atoms with van der Waals surface area (Å²) < 4.78 is 5.75. The van der Waals surface area contributed by atoms with Crippen molar-refractivity contribution in [3.05, 3.63) is 22.7 Å². The summed E-state index contributed by atoms with van der Waals surface area (Å²) >= 11 is 6.48. The molecule has 1 atom stereocenters. The number of aliphatic imine (C=N–C) groups is 1. The number of benzene rings is 1. The van der Waals surface area contributed by atoms with Crippen molar-refractivity contribution in [3.8, 4) is 5.75 Å². The van der Waals surface area contributed by atoms with Gasteiger partial charge in [0.1, 0.15) is 11.8 Å². The van der Waals surface area contributed by atoms with Gasteiger partial charge in [0.2, 0.25) is 11.9 Å². The summed E-state index contributed by atoms with van der Waals surface area (Å²) in [5, 5.41) is 12.1. The zero-order valence-corrected chi connectivity index (χ0v) is 13.8. The van der Waals surface area contributed by atoms with Gasteiger partial charge in [-0.25, -0.2) is 4.99 Å². The van der Waals surface area contributed by atoms with Crippen LogP contribution in [-0.4, -0.2) is 41.1 Å². The topological polar surface area (TPSA) is 74.2 Å². The Hall–Kier alpha value is -1.79. The molecule has 2 N–H and O–H groups in total. The van der Waals surface area contributed by atoms with E-state index in [0.29, 0.717) is 29.9 Å². The minimum Gasteiger partial charge on any atom is -0.492 e. The van der Waals surface area contributed by atoms with E-state index in [4.69, 9.17) is 21.4 Å². The highest BCUT2D eigenvalue weighted by molar-refractivity contribution is 6.33. The second kappa shape index (κ2) is 6.76. The Balaban J connectivity index is 1.73. The van der Waals surface area contributed by atoms with Gasteiger partial charge in [-0.2, -0.15) is 0 Å². The van der Waals surface area contributed by atoms with Crippen molar-refractivity contribution >= 4 is 29.2 Å². The molecular weight excluding hydrogens is 318 g/mol. The summed E-state index contributed by atoms with van der Waals surface area (Å²) in [6, 6.07) is 3.43. The van der Waals surface area contributed by atoms with Gasteiger partial charge in [0.25, 0.3) is 0 Å². The van der Waals surface area contributed by atoms with E-state index in [9.17, 15) is 4.79 Å². The van der Waals surface area contributed by atoms with E-state index >= 15 is 0 Å². The molecule has 1 fully saturated rings. The highest BCUT2D eigenvalue weighted by Crippen LogP contribution is 2.39. The number of unbranched alkanes of at least 4 members (excludes halogenated alkanes) is 2. The molecule has 2 heterocycles. The second-order valence-corrected chi connectivity index (χ2v) is 6.11. The van der Waals surface area contributed by atoms with Gasteiger partial charge in [0.05, 0.1) is 23.9 Å². The van der Waals surface area contributed by atoms with Crippen molar-refractivity contribution in [2.45, 2.75) is 38.8 Å². The number of ether oxygens (including phenoxy) is 1. The SMILES string of the molecule is CC1C(=O)NC2=Nc3ccc(OCCCCCO)c(Cl)c3CN21. The standard InChI is InChI=1S/C16H20ClN3O3/c1-10-15(22)19-16-18-12-5-6-13(23-8-4-2-3-7-21)14(17)11(12)9-20(10)16/h5-6,10,21H,2-4,7-9H2,1H3,(H,18,19,22). The summed E-state index contributed by atoms with van der Waals surface area (Å²) in [6.07, 6.45) is 2.58. The lowest BCUT2D eigenvalue weighted by molar-refractivity contribution is -0.121. The third-order valence-corrected chi connectivity index (χ3v) is 4.57. The highest BCUT2D eigenvalue weighted by Gasteiger charge is 2.36. The first-order valence-corrected chi connectivity index (χ1v) is 8.21. The molecule has 3 rings (SSSR count). The normalized spacial score (nSPS) is 19.1. The van der Waals surface area contributed by atoms with Crippen LogP contribution in [-0.2, 0) is 11.3 Å². The van der Waals surface area contributed by atoms with Crippen molar-refractivity contribution < 1.29 is 14.6 Å². The highest BCUT2D eigenvalue weighted by atomic mass is 35.5. The number of carbonyl (C=O) groups excluding carboxylic acids is 1. The minimum absolute atomic E-state index is 0.0481. The quantitative estimate of drug-likeness (QED) is 0.780. The minimum atomic E-state index is -0.249. The van der Waals surface area contributed by atoms with Crippen LogP contribution in [0.3, 0.4) is 0 Å². The molecule has 0 radical (unpaired) electrons. The lowest BCUT2D eigenvalue weighted by Crippen LogP contribution is -2.35. The number of fused-ring (bicyclic) bond motifs is 2. The number of nitrogens with zero attached hydrogens (tertiary/aromatic N) is 2. The fraction of sp³-hybridized carbons (Fsp3) is 0.500. The number of hydrogen-bond acceptors (Lipinski definition) is 5. The van der Waals surface area contributed by atoms with Crippen molar-refractivity contribution in [1.82, 2.24) is 10.2 Å². The molecule has 1 saturated heterocycles. The third kappa shape index (κ3) is 3.14. The fourth-order valence-corrected chi connectivity index (χ4v) is 3.00. The van der Waals surface area contributed by atoms with E-state index in [2.05, 4.69) is 10.3 Å². The van der Waals surface area contributed by atoms with Crippen molar-refractivity contribution in [3.63, 3.8) is 0 Å². The molecule has 2 aliphatic rings. The predicted molar refractivity (Wildman–Crippen MR) is 88.1 cm³/mol. The van der Waals surface area contributed by atoms with Crippen LogP contribution in [0.4, 0.5) is 5.69 Å². The van der Waals surface area contributed by atoms with E-state index < -0.39 is 0 Å². The molecule has 0 saturated carbocycles. The van der Waals surface area contributed by atoms with Gasteiger partial charge in [0.15, 0.2) is 0 Å². The van der Waals surface area contributed by atoms with Crippen LogP contribution in [0, 0.1) is 0 Å². The molecule has 1 unspecified atom stereocenters. The summed E-state index contributed by atoms with van der Waals surface area (Å²) in [5.74, 6) is 1.18. The molecule has 0 spiro atoms. The Morgan fingerprint density at radius 1 is 1.43 bits per heavy atom. The molecule has 0 aromatic heterocycles. The summed E-state index contributed by atoms with van der Waals surface area (Å²) in [4.78, 5) is 18.1. The fourth-order valence-electron chi connectivity index (χ4n) is 2.73. The number of halogens is 1. The molecular formula is C16H20ClN3O3. The number of hydrogen-bond donors (Lipinski definition) is 2. The maximum Gasteiger partial charge on any atom is 0.249 e. The molecule has 0 bridgehead atoms. The molecule has 2 aliphatic heterocycles. The molecule has 1 amide bonds. The van der Waals surface area contributed by atoms with Gasteiger partial charge in [-0.3, -0.25) is 10.1 Å². The van der Waals surface area contributed by atoms with Crippen LogP contribution in [0.5, 0.6) is 5.75 Å². The number of aliphatic hydroxyl groups excluding tert-OH is 1. The molecule has 1 aromatic carbocycles. The van der Waals surface area contributed by atoms with Gasteiger partial charge in [0, 0.05) is 12.2 Å². The van der Waals surface area contributed by atoms with Crippen LogP contribution in [0.15, 0.2) is 17.1 Å². The number of guanidine groups is 1. The summed E-state index contributed by atoms with van der Waals surface area (Å²) in [5.41, 5.74) is 1.65. The van der Waals surface area contributed by atoms with E-state index in [1.54, 1.807) is 0 Å². The second-order valence-electron chi connectivity index (χ2n) is 5.74. The van der Waals surface area contributed by atoms with E-state index in [1.165, 1.54) is 0 Å². The number of amides is 1. The van der Waals surface area contributed by atoms with E-state index in [1.807, 2.05) is 24.0 Å². The number of aliphatic hydroxyl groups is 1. The lowest BCUT2D eigenvalue weighted by atomic mass is 10.1. The van der Waals surface area contributed by atoms with Crippen molar-refractivity contribution in [1.29, 1.82) is 0 Å². The molecule has 6 nitrogen and oxygen atoms in total. The smallest absolute Gasteiger partial charge is 0.249 e. The van der Waals surface area contributed by atoms with Crippen molar-refractivity contribution in [2.24, 2.45) is 4.99 Å². The Kier molecular flexibility index (Phi) is 4.73. The Morgan fingerprint density at radius 3 is 3.04 bits per heavy atom. The van der Waals surface area contributed by atoms with Crippen LogP contribution in [0.2, 0.25) is 5.02 Å². The number of carbonyl (C=O) groups is 1. The van der Waals surface area contributed by atoms with Gasteiger partial charge in [-0.05, 0) is 38.3 Å². The molecule has 0 aliphatic carbocycles. The predicted octanol–water partition coefficient (Wildman–Crippen LogP) is 2.20. The van der Waals surface area contributed by atoms with E-state index in [-0.39, 0.29) is 18.6 Å². The average Bonchev–Trinajstić information content (AvgIpc) is 2.82. The number of rotatable bonds is 6. The lowest BCUT2D eigenvalue weighted by Gasteiger charge is -2.27. The van der Waals surface area contributed by atoms with Crippen LogP contribution >= 0.6 is 11.6 Å². The first-order chi connectivity index (χ1) is 11.1. The zero-order chi connectivity index (χ0) is 16.4. The van der Waals surface area contributed by atoms with Crippen LogP contribution in [0.1, 0.15) is 31.7 Å². The average molecular weight is 338 g/mol. The van der Waals surface area contributed by atoms with Crippen LogP contribution in [0.25, 0.3) is 0 Å². The van der Waals surface area contributed by atoms with Gasteiger partial charge < -0.3 is 14.7 Å². The van der Waals surface area contributed by atoms with Gasteiger partial charge >= 0.3 is 0 Å². The Labute approximate surface area is 140 Å². The molecule has 124 valence electrons. The number of nitrogens with one attached hydrogen (secondary N) is 1. The van der Waals surface area contributed by atoms with Gasteiger partial charge in [-0.1, -0.05) is 11.6 Å². The van der Waals surface area contributed by atoms with Gasteiger partial charge in [-0.15, -0.1) is 0 Å². The molecule has 7 heteroatoms. The largest absolute Gasteiger partial charge is 0.492 e. The van der Waals surface area contributed by atoms with Crippen molar-refractivity contribution in [2.75, 3.05) is 13.2 Å². The van der Waals surface area contributed by atoms with Crippen LogP contribution < -0.4 is 10.1 Å². The maximum atomic E-state index is 11.8. The molecule has 23 heavy (non-hydrogen) atoms. The third-order valence-electron chi connectivity index (χ3n) is 4.15. The first kappa shape index (κ1) is 16.1. The zero-order valence-electron chi connectivity index (χ0n) is 13.0. The maximum absolute atomic E-state index is 11.8. The summed E-state index contributed by atoms with van der Waals surface area (Å²) in [7, 11) is 0. The molecule has 1 aromatic rings. The monoisotopic (exact) mass is 337 g/mol. The Morgan fingerprint density at radius 2 is 2.26 bits per heavy atom. The van der Waals surface area contributed by atoms with E-state index in [0.717, 1.165) is 30.5 Å². The Bertz CT molecular complexity index is 648. The first-order valence-electron chi connectivity index (χ1n) is 7.83.